The van der Waals surface area contributed by atoms with Gasteiger partial charge in [0.05, 0.1) is 0 Å². The standard InChI is InChI=1S/C21H16P.C9H11.Ti/c1-3-11-19(12-4-1)22(20-13-5-2-6-14-20)21-15-17-9-7-8-10-18(17)16-21;1-2-5-9-7-3-6-8(9)4-1;/h1-16H;1,4,6H,2-3,5,7H2;/q2*-1;+2. The van der Waals surface area contributed by atoms with Crippen molar-refractivity contribution in [2.24, 2.45) is 0 Å². The molecule has 2 aliphatic carbocycles. The van der Waals surface area contributed by atoms with Crippen LogP contribution in [0.25, 0.3) is 10.8 Å². The van der Waals surface area contributed by atoms with Gasteiger partial charge in [0.2, 0.25) is 0 Å². The van der Waals surface area contributed by atoms with Crippen LogP contribution in [0.15, 0.2) is 120 Å². The number of rotatable bonds is 3. The molecule has 0 radical (unpaired) electrons. The second kappa shape index (κ2) is 11.1. The molecular formula is C30H27PTi. The summed E-state index contributed by atoms with van der Waals surface area (Å²) in [6.45, 7) is 0. The number of allylic oxidation sites excluding steroid dienone is 4. The smallest absolute Gasteiger partial charge is 0.193 e. The van der Waals surface area contributed by atoms with Gasteiger partial charge >= 0.3 is 21.7 Å². The van der Waals surface area contributed by atoms with E-state index < -0.39 is 7.92 Å². The van der Waals surface area contributed by atoms with Crippen molar-refractivity contribution in [2.75, 3.05) is 0 Å². The Morgan fingerprint density at radius 2 is 1.38 bits per heavy atom. The molecule has 0 atom stereocenters. The zero-order chi connectivity index (χ0) is 20.9. The monoisotopic (exact) mass is 466 g/mol. The van der Waals surface area contributed by atoms with Gasteiger partial charge in [-0.1, -0.05) is 92.4 Å². The predicted molar refractivity (Wildman–Crippen MR) is 137 cm³/mol. The fourth-order valence-corrected chi connectivity index (χ4v) is 6.85. The molecule has 0 spiro atoms. The van der Waals surface area contributed by atoms with Crippen molar-refractivity contribution >= 4 is 34.6 Å². The van der Waals surface area contributed by atoms with Crippen LogP contribution in [0.5, 0.6) is 0 Å². The molecule has 0 nitrogen and oxygen atoms in total. The molecule has 4 aromatic carbocycles. The molecule has 0 amide bonds. The summed E-state index contributed by atoms with van der Waals surface area (Å²) < 4.78 is 0. The molecule has 0 N–H and O–H groups in total. The van der Waals surface area contributed by atoms with Crippen LogP contribution in [-0.2, 0) is 21.7 Å². The summed E-state index contributed by atoms with van der Waals surface area (Å²) in [6.07, 6.45) is 12.1. The molecule has 0 aliphatic heterocycles. The minimum Gasteiger partial charge on any atom is -0.193 e. The topological polar surface area (TPSA) is 0 Å². The Hall–Kier alpha value is -2.24. The molecule has 0 aromatic heterocycles. The van der Waals surface area contributed by atoms with Crippen LogP contribution in [0.4, 0.5) is 0 Å². The normalized spacial score (nSPS) is 14.4. The molecule has 0 saturated carbocycles. The third-order valence-electron chi connectivity index (χ3n) is 6.02. The van der Waals surface area contributed by atoms with Crippen molar-refractivity contribution in [3.05, 3.63) is 127 Å². The van der Waals surface area contributed by atoms with E-state index in [1.54, 1.807) is 5.57 Å². The molecule has 156 valence electrons. The van der Waals surface area contributed by atoms with Crippen molar-refractivity contribution < 1.29 is 21.7 Å². The molecule has 0 unspecified atom stereocenters. The first-order valence-corrected chi connectivity index (χ1v) is 12.5. The molecule has 0 fully saturated rings. The summed E-state index contributed by atoms with van der Waals surface area (Å²) in [4.78, 5) is 0. The average molecular weight is 466 g/mol. The van der Waals surface area contributed by atoms with Gasteiger partial charge in [-0.2, -0.15) is 29.7 Å². The largest absolute Gasteiger partial charge is 2.00 e. The minimum absolute atomic E-state index is 0. The molecule has 32 heavy (non-hydrogen) atoms. The number of fused-ring (bicyclic) bond motifs is 1. The Morgan fingerprint density at radius 1 is 0.719 bits per heavy atom. The van der Waals surface area contributed by atoms with Gasteiger partial charge < -0.3 is 0 Å². The molecule has 0 heterocycles. The SMILES string of the molecule is C1=CC2=C(CC1)CC[CH-]2.[Ti+2].c1ccc(P(c2ccccc2)c2cc3ccccc3[cH-]2)cc1. The van der Waals surface area contributed by atoms with E-state index in [0.29, 0.717) is 0 Å². The van der Waals surface area contributed by atoms with Crippen LogP contribution in [0.2, 0.25) is 0 Å². The maximum Gasteiger partial charge on any atom is 2.00 e. The van der Waals surface area contributed by atoms with Gasteiger partial charge in [-0.15, -0.1) is 46.4 Å². The molecule has 0 bridgehead atoms. The van der Waals surface area contributed by atoms with Gasteiger partial charge in [0.25, 0.3) is 0 Å². The van der Waals surface area contributed by atoms with E-state index >= 15 is 0 Å². The van der Waals surface area contributed by atoms with Crippen molar-refractivity contribution in [3.8, 4) is 0 Å². The van der Waals surface area contributed by atoms with Gasteiger partial charge in [0, 0.05) is 0 Å². The van der Waals surface area contributed by atoms with Crippen LogP contribution in [0.1, 0.15) is 25.7 Å². The third-order valence-corrected chi connectivity index (χ3v) is 8.42. The van der Waals surface area contributed by atoms with E-state index in [4.69, 9.17) is 0 Å². The van der Waals surface area contributed by atoms with E-state index in [9.17, 15) is 0 Å². The molecule has 2 aliphatic rings. The Balaban J connectivity index is 0.000000205. The van der Waals surface area contributed by atoms with Crippen molar-refractivity contribution in [3.63, 3.8) is 0 Å². The molecular weight excluding hydrogens is 439 g/mol. The Kier molecular flexibility index (Phi) is 7.93. The number of hydrogen-bond acceptors (Lipinski definition) is 0. The summed E-state index contributed by atoms with van der Waals surface area (Å²) >= 11 is 0. The predicted octanol–water partition coefficient (Wildman–Crippen LogP) is 6.95. The van der Waals surface area contributed by atoms with E-state index in [2.05, 4.69) is 116 Å². The number of benzene rings is 3. The van der Waals surface area contributed by atoms with Gasteiger partial charge in [0.15, 0.2) is 0 Å². The average Bonchev–Trinajstić information content (AvgIpc) is 3.48. The summed E-state index contributed by atoms with van der Waals surface area (Å²) in [5.41, 5.74) is 3.22. The quantitative estimate of drug-likeness (QED) is 0.174. The fraction of sp³-hybridized carbons (Fsp3) is 0.133. The minimum atomic E-state index is -0.493. The zero-order valence-electron chi connectivity index (χ0n) is 18.2. The van der Waals surface area contributed by atoms with Crippen LogP contribution in [-0.4, -0.2) is 0 Å². The first-order valence-electron chi connectivity index (χ1n) is 11.2. The Labute approximate surface area is 208 Å². The summed E-state index contributed by atoms with van der Waals surface area (Å²) in [7, 11) is -0.493. The number of hydrogen-bond donors (Lipinski definition) is 0. The van der Waals surface area contributed by atoms with Crippen LogP contribution in [0.3, 0.4) is 0 Å². The third kappa shape index (κ3) is 5.21. The summed E-state index contributed by atoms with van der Waals surface area (Å²) in [6, 6.07) is 35.0. The molecule has 2 heteroatoms. The second-order valence-corrected chi connectivity index (χ2v) is 10.3. The first kappa shape index (κ1) is 22.9. The van der Waals surface area contributed by atoms with E-state index in [1.807, 2.05) is 0 Å². The van der Waals surface area contributed by atoms with Crippen molar-refractivity contribution in [2.45, 2.75) is 25.7 Å². The maximum atomic E-state index is 2.35. The van der Waals surface area contributed by atoms with Gasteiger partial charge in [-0.25, -0.2) is 0 Å². The Morgan fingerprint density at radius 3 is 2.03 bits per heavy atom. The van der Waals surface area contributed by atoms with Crippen LogP contribution >= 0.6 is 7.92 Å². The molecule has 0 saturated heterocycles. The van der Waals surface area contributed by atoms with E-state index in [1.165, 1.54) is 57.9 Å². The Bertz CT molecular complexity index is 1130. The first-order chi connectivity index (χ1) is 15.4. The van der Waals surface area contributed by atoms with Crippen molar-refractivity contribution in [1.29, 1.82) is 0 Å². The summed E-state index contributed by atoms with van der Waals surface area (Å²) in [5.74, 6) is 0. The second-order valence-electron chi connectivity index (χ2n) is 8.09. The van der Waals surface area contributed by atoms with E-state index in [-0.39, 0.29) is 21.7 Å². The van der Waals surface area contributed by atoms with Gasteiger partial charge in [0.1, 0.15) is 0 Å². The van der Waals surface area contributed by atoms with Crippen LogP contribution in [0, 0.1) is 6.42 Å². The van der Waals surface area contributed by atoms with Gasteiger partial charge in [-0.3, -0.25) is 0 Å². The van der Waals surface area contributed by atoms with Crippen LogP contribution < -0.4 is 15.9 Å². The maximum absolute atomic E-state index is 2.35. The molecule has 6 rings (SSSR count). The summed E-state index contributed by atoms with van der Waals surface area (Å²) in [5, 5.41) is 6.89. The van der Waals surface area contributed by atoms with Gasteiger partial charge in [-0.05, 0) is 18.5 Å². The van der Waals surface area contributed by atoms with E-state index in [0.717, 1.165) is 0 Å². The molecule has 4 aromatic rings. The zero-order valence-corrected chi connectivity index (χ0v) is 20.7. The fourth-order valence-electron chi connectivity index (χ4n) is 4.48. The van der Waals surface area contributed by atoms with Crippen molar-refractivity contribution in [1.82, 2.24) is 0 Å².